The summed E-state index contributed by atoms with van der Waals surface area (Å²) in [5, 5.41) is 43.4. The third kappa shape index (κ3) is 9.14. The van der Waals surface area contributed by atoms with Crippen molar-refractivity contribution in [1.82, 2.24) is 10.6 Å². The summed E-state index contributed by atoms with van der Waals surface area (Å²) in [4.78, 5) is 23.9. The maximum absolute atomic E-state index is 12.1. The van der Waals surface area contributed by atoms with E-state index in [1.807, 2.05) is 13.0 Å². The summed E-state index contributed by atoms with van der Waals surface area (Å²) in [5.41, 5.74) is -1.24. The molecule has 0 spiro atoms. The largest absolute Gasteiger partial charge is 0.394 e. The van der Waals surface area contributed by atoms with Gasteiger partial charge >= 0.3 is 0 Å². The normalized spacial score (nSPS) is 19.1. The smallest absolute Gasteiger partial charge is 0.255 e. The second kappa shape index (κ2) is 11.9. The van der Waals surface area contributed by atoms with Crippen LogP contribution in [0, 0.1) is 5.92 Å². The number of nitrogens with one attached hydrogen (secondary N) is 2. The number of hydrogen-bond acceptors (Lipinski definition) is 6. The molecule has 156 valence electrons. The Morgan fingerprint density at radius 3 is 2.30 bits per heavy atom. The molecule has 0 aromatic carbocycles. The van der Waals surface area contributed by atoms with Crippen LogP contribution in [0.4, 0.5) is 0 Å². The molecule has 6 N–H and O–H groups in total. The van der Waals surface area contributed by atoms with Gasteiger partial charge in [0.15, 0.2) is 5.60 Å². The van der Waals surface area contributed by atoms with Gasteiger partial charge in [0.1, 0.15) is 6.10 Å². The predicted octanol–water partition coefficient (Wildman–Crippen LogP) is -0.379. The summed E-state index contributed by atoms with van der Waals surface area (Å²) in [7, 11) is 0. The molecule has 0 aliphatic rings. The first kappa shape index (κ1) is 25.3. The van der Waals surface area contributed by atoms with Crippen LogP contribution >= 0.6 is 0 Å². The highest BCUT2D eigenvalue weighted by Crippen LogP contribution is 2.14. The van der Waals surface area contributed by atoms with E-state index >= 15 is 0 Å². The van der Waals surface area contributed by atoms with Crippen molar-refractivity contribution < 1.29 is 30.0 Å². The molecule has 0 aromatic rings. The molecule has 0 radical (unpaired) electrons. The second-order valence-corrected chi connectivity index (χ2v) is 7.03. The Kier molecular flexibility index (Phi) is 11.1. The average Bonchev–Trinajstić information content (AvgIpc) is 2.61. The number of carbonyl (C=O) groups excluding carboxylic acids is 2. The molecular weight excluding hydrogens is 352 g/mol. The third-order valence-corrected chi connectivity index (χ3v) is 4.30. The van der Waals surface area contributed by atoms with E-state index in [2.05, 4.69) is 24.5 Å². The lowest BCUT2D eigenvalue weighted by molar-refractivity contribution is -0.147. The van der Waals surface area contributed by atoms with Crippen molar-refractivity contribution >= 4 is 11.8 Å². The van der Waals surface area contributed by atoms with E-state index < -0.39 is 48.8 Å². The fraction of sp³-hybridized carbons (Fsp3) is 0.684. The van der Waals surface area contributed by atoms with Crippen LogP contribution in [-0.2, 0) is 9.59 Å². The van der Waals surface area contributed by atoms with Crippen LogP contribution < -0.4 is 10.6 Å². The number of carbonyl (C=O) groups is 2. The lowest BCUT2D eigenvalue weighted by Crippen LogP contribution is -2.55. The number of hydrogen-bond donors (Lipinski definition) is 6. The maximum atomic E-state index is 12.1. The van der Waals surface area contributed by atoms with Crippen LogP contribution in [0.25, 0.3) is 0 Å². The Balaban J connectivity index is 4.74. The summed E-state index contributed by atoms with van der Waals surface area (Å²) in [6.45, 7) is 7.60. The average molecular weight is 386 g/mol. The van der Waals surface area contributed by atoms with E-state index in [1.165, 1.54) is 13.0 Å². The Morgan fingerprint density at radius 1 is 1.22 bits per heavy atom. The van der Waals surface area contributed by atoms with E-state index in [1.54, 1.807) is 6.08 Å². The number of amides is 2. The monoisotopic (exact) mass is 386 g/mol. The zero-order valence-electron chi connectivity index (χ0n) is 16.8. The van der Waals surface area contributed by atoms with Gasteiger partial charge in [-0.1, -0.05) is 44.1 Å². The second-order valence-electron chi connectivity index (χ2n) is 7.03. The first-order valence-electron chi connectivity index (χ1n) is 9.09. The Labute approximate surface area is 161 Å². The number of aliphatic hydroxyl groups excluding tert-OH is 3. The minimum absolute atomic E-state index is 0.374. The first-order chi connectivity index (χ1) is 12.4. The first-order valence-corrected chi connectivity index (χ1v) is 9.09. The minimum Gasteiger partial charge on any atom is -0.394 e. The van der Waals surface area contributed by atoms with Crippen LogP contribution in [0.3, 0.4) is 0 Å². The van der Waals surface area contributed by atoms with Gasteiger partial charge in [0, 0.05) is 0 Å². The molecule has 5 atom stereocenters. The van der Waals surface area contributed by atoms with Crippen molar-refractivity contribution in [3.63, 3.8) is 0 Å². The van der Waals surface area contributed by atoms with Gasteiger partial charge in [0.2, 0.25) is 5.91 Å². The number of allylic oxidation sites excluding steroid dienone is 3. The van der Waals surface area contributed by atoms with Crippen LogP contribution in [0.5, 0.6) is 0 Å². The molecule has 0 fully saturated rings. The summed E-state index contributed by atoms with van der Waals surface area (Å²) in [5.74, 6) is -1.19. The Morgan fingerprint density at radius 2 is 1.81 bits per heavy atom. The van der Waals surface area contributed by atoms with Crippen LogP contribution in [-0.4, -0.2) is 69.2 Å². The fourth-order valence-electron chi connectivity index (χ4n) is 2.10. The predicted molar refractivity (Wildman–Crippen MR) is 103 cm³/mol. The Hall–Kier alpha value is -1.74. The minimum atomic E-state index is -2.13. The van der Waals surface area contributed by atoms with E-state index in [9.17, 15) is 24.9 Å². The molecule has 2 amide bonds. The third-order valence-electron chi connectivity index (χ3n) is 4.30. The molecule has 0 saturated carbocycles. The molecule has 8 nitrogen and oxygen atoms in total. The molecular formula is C19H34N2O6. The van der Waals surface area contributed by atoms with Crippen molar-refractivity contribution in [3.05, 3.63) is 23.8 Å². The van der Waals surface area contributed by atoms with E-state index in [-0.39, 0.29) is 0 Å². The quantitative estimate of drug-likeness (QED) is 0.268. The molecule has 0 saturated heterocycles. The highest BCUT2D eigenvalue weighted by Gasteiger charge is 2.37. The lowest BCUT2D eigenvalue weighted by Gasteiger charge is -2.26. The molecule has 0 unspecified atom stereocenters. The van der Waals surface area contributed by atoms with Gasteiger partial charge in [-0.15, -0.1) is 0 Å². The highest BCUT2D eigenvalue weighted by atomic mass is 16.4. The number of aliphatic hydroxyl groups is 4. The fourth-order valence-corrected chi connectivity index (χ4v) is 2.10. The zero-order chi connectivity index (χ0) is 21.2. The topological polar surface area (TPSA) is 139 Å². The van der Waals surface area contributed by atoms with Crippen LogP contribution in [0.2, 0.25) is 0 Å². The van der Waals surface area contributed by atoms with Crippen molar-refractivity contribution in [2.24, 2.45) is 5.92 Å². The molecule has 27 heavy (non-hydrogen) atoms. The lowest BCUT2D eigenvalue weighted by atomic mass is 9.96. The van der Waals surface area contributed by atoms with Crippen molar-refractivity contribution in [2.45, 2.75) is 64.9 Å². The highest BCUT2D eigenvalue weighted by molar-refractivity contribution is 5.89. The molecule has 0 aromatic heterocycles. The SMILES string of the molecule is CC[C@H](C)/C=C(C)/C=C\[C@@H](O)[C@](C)(O)C(=O)NCC(=O)N[C@H](CO)[C@@H](C)O. The Bertz CT molecular complexity index is 542. The molecule has 0 bridgehead atoms. The van der Waals surface area contributed by atoms with Gasteiger partial charge in [-0.2, -0.15) is 0 Å². The standard InChI is InChI=1S/C19H34N2O6/c1-6-12(2)9-13(3)7-8-16(24)19(5,27)18(26)20-10-17(25)21-15(11-22)14(4)23/h7-9,12,14-16,22-24,27H,6,10-11H2,1-5H3,(H,20,26)(H,21,25)/b8-7-,13-9+/t12-,14+,15+,16+,19-/m0/s1. The summed E-state index contributed by atoms with van der Waals surface area (Å²) < 4.78 is 0. The van der Waals surface area contributed by atoms with E-state index in [4.69, 9.17) is 5.11 Å². The molecule has 0 rings (SSSR count). The van der Waals surface area contributed by atoms with Gasteiger partial charge < -0.3 is 31.1 Å². The summed E-state index contributed by atoms with van der Waals surface area (Å²) >= 11 is 0. The molecule has 8 heteroatoms. The molecule has 0 aliphatic carbocycles. The molecule has 0 heterocycles. The van der Waals surface area contributed by atoms with Gasteiger partial charge in [-0.25, -0.2) is 0 Å². The van der Waals surface area contributed by atoms with E-state index in [0.717, 1.165) is 18.9 Å². The van der Waals surface area contributed by atoms with Crippen LogP contribution in [0.1, 0.15) is 41.0 Å². The van der Waals surface area contributed by atoms with Crippen molar-refractivity contribution in [1.29, 1.82) is 0 Å². The maximum Gasteiger partial charge on any atom is 0.255 e. The molecule has 0 aliphatic heterocycles. The van der Waals surface area contributed by atoms with E-state index in [0.29, 0.717) is 5.92 Å². The number of rotatable bonds is 11. The van der Waals surface area contributed by atoms with Crippen LogP contribution in [0.15, 0.2) is 23.8 Å². The van der Waals surface area contributed by atoms with Gasteiger partial charge in [-0.05, 0) is 26.7 Å². The van der Waals surface area contributed by atoms with Crippen molar-refractivity contribution in [3.8, 4) is 0 Å². The van der Waals surface area contributed by atoms with Gasteiger partial charge in [0.25, 0.3) is 5.91 Å². The van der Waals surface area contributed by atoms with Crippen molar-refractivity contribution in [2.75, 3.05) is 13.2 Å². The zero-order valence-corrected chi connectivity index (χ0v) is 16.8. The summed E-state index contributed by atoms with van der Waals surface area (Å²) in [6.07, 6.45) is 3.51. The summed E-state index contributed by atoms with van der Waals surface area (Å²) in [6, 6.07) is -0.858. The van der Waals surface area contributed by atoms with Gasteiger partial charge in [-0.3, -0.25) is 9.59 Å². The van der Waals surface area contributed by atoms with Gasteiger partial charge in [0.05, 0.1) is 25.3 Å².